The van der Waals surface area contributed by atoms with E-state index in [0.717, 1.165) is 50.4 Å². The number of nitrogens with zero attached hydrogens (tertiary/aromatic N) is 2. The van der Waals surface area contributed by atoms with E-state index in [1.165, 1.54) is 11.1 Å². The van der Waals surface area contributed by atoms with Crippen molar-refractivity contribution in [1.82, 2.24) is 9.80 Å². The van der Waals surface area contributed by atoms with Crippen molar-refractivity contribution in [2.75, 3.05) is 26.2 Å². The van der Waals surface area contributed by atoms with Crippen molar-refractivity contribution in [2.45, 2.75) is 13.1 Å². The van der Waals surface area contributed by atoms with E-state index in [1.807, 2.05) is 12.1 Å². The molecule has 30 heavy (non-hydrogen) atoms. The second-order valence-electron chi connectivity index (χ2n) is 7.54. The van der Waals surface area contributed by atoms with Gasteiger partial charge in [0.1, 0.15) is 0 Å². The van der Waals surface area contributed by atoms with Gasteiger partial charge < -0.3 is 0 Å². The molecule has 0 aliphatic carbocycles. The maximum atomic E-state index is 3.38. The molecule has 0 atom stereocenters. The first kappa shape index (κ1) is 20.0. The monoisotopic (exact) mass is 390 g/mol. The van der Waals surface area contributed by atoms with Gasteiger partial charge in [0.05, 0.1) is 13.1 Å². The largest absolute Gasteiger partial charge is 0.287 e. The molecular formula is C28H26N2. The molecule has 1 aliphatic rings. The van der Waals surface area contributed by atoms with Gasteiger partial charge in [0.15, 0.2) is 0 Å². The third-order valence-electron chi connectivity index (χ3n) is 5.21. The molecule has 2 nitrogen and oxygen atoms in total. The molecule has 0 bridgehead atoms. The highest BCUT2D eigenvalue weighted by Gasteiger charge is 2.10. The van der Waals surface area contributed by atoms with Crippen LogP contribution in [-0.2, 0) is 13.1 Å². The molecule has 148 valence electrons. The summed E-state index contributed by atoms with van der Waals surface area (Å²) in [6.07, 6.45) is 0. The molecule has 1 aliphatic heterocycles. The fraction of sp³-hybridized carbons (Fsp3) is 0.214. The number of fused-ring (bicyclic) bond motifs is 1. The Bertz CT molecular complexity index is 977. The zero-order valence-electron chi connectivity index (χ0n) is 17.2. The molecule has 1 heterocycles. The van der Waals surface area contributed by atoms with Gasteiger partial charge in [0.25, 0.3) is 0 Å². The van der Waals surface area contributed by atoms with E-state index in [4.69, 9.17) is 0 Å². The Labute approximate surface area is 180 Å². The third-order valence-corrected chi connectivity index (χ3v) is 5.21. The molecule has 0 fully saturated rings. The Kier molecular flexibility index (Phi) is 6.98. The quantitative estimate of drug-likeness (QED) is 0.609. The van der Waals surface area contributed by atoms with Gasteiger partial charge in [0, 0.05) is 37.3 Å². The lowest BCUT2D eigenvalue weighted by atomic mass is 10.1. The molecular weight excluding hydrogens is 364 g/mol. The van der Waals surface area contributed by atoms with Crippen LogP contribution in [-0.4, -0.2) is 36.0 Å². The van der Waals surface area contributed by atoms with E-state index < -0.39 is 0 Å². The van der Waals surface area contributed by atoms with Crippen LogP contribution in [0.15, 0.2) is 84.9 Å². The molecule has 4 rings (SSSR count). The predicted molar refractivity (Wildman–Crippen MR) is 124 cm³/mol. The summed E-state index contributed by atoms with van der Waals surface area (Å²) in [7, 11) is 0. The molecule has 3 aromatic carbocycles. The Morgan fingerprint density at radius 2 is 0.933 bits per heavy atom. The van der Waals surface area contributed by atoms with Crippen LogP contribution in [0, 0.1) is 23.7 Å². The van der Waals surface area contributed by atoms with Crippen LogP contribution in [0.5, 0.6) is 0 Å². The van der Waals surface area contributed by atoms with E-state index in [-0.39, 0.29) is 0 Å². The minimum atomic E-state index is 0.746. The van der Waals surface area contributed by atoms with Crippen molar-refractivity contribution < 1.29 is 0 Å². The van der Waals surface area contributed by atoms with E-state index >= 15 is 0 Å². The smallest absolute Gasteiger partial charge is 0.0608 e. The summed E-state index contributed by atoms with van der Waals surface area (Å²) in [5.74, 6) is 13.4. The van der Waals surface area contributed by atoms with Crippen LogP contribution < -0.4 is 0 Å². The minimum Gasteiger partial charge on any atom is -0.287 e. The average Bonchev–Trinajstić information content (AvgIpc) is 2.78. The molecule has 0 amide bonds. The van der Waals surface area contributed by atoms with Crippen LogP contribution in [0.3, 0.4) is 0 Å². The SMILES string of the molecule is C1#Cc2ccccc2C#CCN(Cc2ccccc2)CCN(Cc2ccccc2)C1. The first-order valence-electron chi connectivity index (χ1n) is 10.5. The third kappa shape index (κ3) is 5.85. The Morgan fingerprint density at radius 1 is 0.533 bits per heavy atom. The molecule has 0 aromatic heterocycles. The van der Waals surface area contributed by atoms with Crippen LogP contribution >= 0.6 is 0 Å². The fourth-order valence-electron chi connectivity index (χ4n) is 3.59. The lowest BCUT2D eigenvalue weighted by molar-refractivity contribution is 0.221. The molecule has 0 unspecified atom stereocenters. The van der Waals surface area contributed by atoms with Gasteiger partial charge in [0.2, 0.25) is 0 Å². The van der Waals surface area contributed by atoms with Crippen molar-refractivity contribution in [1.29, 1.82) is 0 Å². The van der Waals surface area contributed by atoms with Gasteiger partial charge >= 0.3 is 0 Å². The van der Waals surface area contributed by atoms with Gasteiger partial charge in [-0.15, -0.1) is 0 Å². The average molecular weight is 391 g/mol. The lowest BCUT2D eigenvalue weighted by Crippen LogP contribution is -2.35. The van der Waals surface area contributed by atoms with Gasteiger partial charge in [-0.1, -0.05) is 96.5 Å². The molecule has 0 N–H and O–H groups in total. The van der Waals surface area contributed by atoms with E-state index in [0.29, 0.717) is 0 Å². The maximum Gasteiger partial charge on any atom is 0.0608 e. The molecule has 0 saturated carbocycles. The number of rotatable bonds is 4. The highest BCUT2D eigenvalue weighted by atomic mass is 15.2. The van der Waals surface area contributed by atoms with Crippen LogP contribution in [0.4, 0.5) is 0 Å². The molecule has 3 aromatic rings. The summed E-state index contributed by atoms with van der Waals surface area (Å²) in [6.45, 7) is 5.22. The second kappa shape index (κ2) is 10.5. The fourth-order valence-corrected chi connectivity index (χ4v) is 3.59. The summed E-state index contributed by atoms with van der Waals surface area (Å²) in [4.78, 5) is 4.86. The lowest BCUT2D eigenvalue weighted by Gasteiger charge is -2.26. The minimum absolute atomic E-state index is 0.746. The van der Waals surface area contributed by atoms with Crippen molar-refractivity contribution in [3.8, 4) is 23.7 Å². The topological polar surface area (TPSA) is 6.48 Å². The van der Waals surface area contributed by atoms with E-state index in [1.54, 1.807) is 0 Å². The van der Waals surface area contributed by atoms with E-state index in [9.17, 15) is 0 Å². The van der Waals surface area contributed by atoms with Crippen molar-refractivity contribution >= 4 is 0 Å². The zero-order chi connectivity index (χ0) is 20.4. The van der Waals surface area contributed by atoms with Crippen molar-refractivity contribution in [3.05, 3.63) is 107 Å². The maximum absolute atomic E-state index is 3.38. The second-order valence-corrected chi connectivity index (χ2v) is 7.54. The van der Waals surface area contributed by atoms with Gasteiger partial charge in [-0.25, -0.2) is 0 Å². The van der Waals surface area contributed by atoms with Crippen molar-refractivity contribution in [3.63, 3.8) is 0 Å². The Hall–Kier alpha value is -3.30. The van der Waals surface area contributed by atoms with Crippen LogP contribution in [0.25, 0.3) is 0 Å². The highest BCUT2D eigenvalue weighted by molar-refractivity contribution is 5.50. The summed E-state index contributed by atoms with van der Waals surface area (Å²) in [5.41, 5.74) is 4.67. The van der Waals surface area contributed by atoms with Crippen LogP contribution in [0.1, 0.15) is 22.3 Å². The van der Waals surface area contributed by atoms with E-state index in [2.05, 4.69) is 106 Å². The molecule has 2 heteroatoms. The highest BCUT2D eigenvalue weighted by Crippen LogP contribution is 2.09. The molecule has 0 radical (unpaired) electrons. The normalized spacial score (nSPS) is 14.8. The number of hydrogen-bond acceptors (Lipinski definition) is 2. The predicted octanol–water partition coefficient (Wildman–Crippen LogP) is 4.41. The summed E-state index contributed by atoms with van der Waals surface area (Å²) >= 11 is 0. The molecule has 0 saturated heterocycles. The summed E-state index contributed by atoms with van der Waals surface area (Å²) in [5, 5.41) is 0. The first-order valence-corrected chi connectivity index (χ1v) is 10.5. The number of hydrogen-bond donors (Lipinski definition) is 0. The Morgan fingerprint density at radius 3 is 1.37 bits per heavy atom. The van der Waals surface area contributed by atoms with Gasteiger partial charge in [-0.2, -0.15) is 0 Å². The summed E-state index contributed by atoms with van der Waals surface area (Å²) < 4.78 is 0. The summed E-state index contributed by atoms with van der Waals surface area (Å²) in [6, 6.07) is 29.5. The van der Waals surface area contributed by atoms with Gasteiger partial charge in [-0.3, -0.25) is 9.80 Å². The first-order chi connectivity index (χ1) is 14.9. The number of benzene rings is 3. The van der Waals surface area contributed by atoms with Crippen LogP contribution in [0.2, 0.25) is 0 Å². The van der Waals surface area contributed by atoms with Crippen molar-refractivity contribution in [2.24, 2.45) is 0 Å². The zero-order valence-corrected chi connectivity index (χ0v) is 17.2. The molecule has 0 spiro atoms. The Balaban J connectivity index is 1.58. The van der Waals surface area contributed by atoms with Gasteiger partial charge in [-0.05, 0) is 23.3 Å². The standard InChI is InChI=1S/C28H26N2/c1-3-11-25(12-4-1)23-29-19-9-17-27-15-7-8-16-28(27)18-10-20-30(22-21-29)24-26-13-5-2-6-14-26/h1-8,11-16H,19-24H2.